The molecule has 1 unspecified atom stereocenters. The van der Waals surface area contributed by atoms with Crippen molar-refractivity contribution in [1.29, 1.82) is 0 Å². The Morgan fingerprint density at radius 3 is 2.67 bits per heavy atom. The monoisotopic (exact) mass is 281 g/mol. The van der Waals surface area contributed by atoms with Gasteiger partial charge in [0, 0.05) is 22.8 Å². The Labute approximate surface area is 116 Å². The number of nitrogens with two attached hydrogens (primary N) is 1. The van der Waals surface area contributed by atoms with Gasteiger partial charge in [-0.05, 0) is 30.7 Å². The summed E-state index contributed by atoms with van der Waals surface area (Å²) in [6, 6.07) is 11.1. The van der Waals surface area contributed by atoms with Gasteiger partial charge in [-0.15, -0.1) is 0 Å². The van der Waals surface area contributed by atoms with Gasteiger partial charge in [-0.3, -0.25) is 0 Å². The standard InChI is InChI=1S/C13H13Cl2N3/c1-8(9-3-2-4-10(14)5-9)17-13-7-11(16)6-12(15)18-13/h2-8H,1H3,(H3,16,17,18). The number of nitrogen functional groups attached to an aromatic ring is 1. The van der Waals surface area contributed by atoms with Crippen molar-refractivity contribution in [1.82, 2.24) is 4.98 Å². The molecule has 3 N–H and O–H groups in total. The largest absolute Gasteiger partial charge is 0.399 e. The zero-order chi connectivity index (χ0) is 13.1. The summed E-state index contributed by atoms with van der Waals surface area (Å²) < 4.78 is 0. The second-order valence-corrected chi connectivity index (χ2v) is 4.85. The van der Waals surface area contributed by atoms with Crippen LogP contribution in [0.15, 0.2) is 36.4 Å². The summed E-state index contributed by atoms with van der Waals surface area (Å²) in [6.07, 6.45) is 0. The van der Waals surface area contributed by atoms with Crippen LogP contribution >= 0.6 is 23.2 Å². The van der Waals surface area contributed by atoms with Gasteiger partial charge in [0.25, 0.3) is 0 Å². The number of rotatable bonds is 3. The van der Waals surface area contributed by atoms with E-state index in [1.807, 2.05) is 31.2 Å². The third kappa shape index (κ3) is 3.28. The zero-order valence-corrected chi connectivity index (χ0v) is 11.3. The van der Waals surface area contributed by atoms with Crippen molar-refractivity contribution in [3.05, 3.63) is 52.1 Å². The lowest BCUT2D eigenvalue weighted by Gasteiger charge is -2.15. The molecule has 5 heteroatoms. The molecule has 0 amide bonds. The first-order chi connectivity index (χ1) is 8.54. The molecule has 0 bridgehead atoms. The van der Waals surface area contributed by atoms with Gasteiger partial charge in [0.1, 0.15) is 11.0 Å². The summed E-state index contributed by atoms with van der Waals surface area (Å²) in [6.45, 7) is 2.02. The molecule has 0 spiro atoms. The van der Waals surface area contributed by atoms with E-state index in [0.717, 1.165) is 5.56 Å². The topological polar surface area (TPSA) is 50.9 Å². The Morgan fingerprint density at radius 2 is 2.00 bits per heavy atom. The van der Waals surface area contributed by atoms with Crippen molar-refractivity contribution in [2.24, 2.45) is 0 Å². The minimum atomic E-state index is 0.0640. The molecule has 1 aromatic carbocycles. The van der Waals surface area contributed by atoms with E-state index in [1.165, 1.54) is 0 Å². The molecule has 2 rings (SSSR count). The second-order valence-electron chi connectivity index (χ2n) is 4.03. The summed E-state index contributed by atoms with van der Waals surface area (Å²) in [4.78, 5) is 4.16. The van der Waals surface area contributed by atoms with Crippen LogP contribution in [0.2, 0.25) is 10.2 Å². The lowest BCUT2D eigenvalue weighted by Crippen LogP contribution is -2.08. The Morgan fingerprint density at radius 1 is 1.22 bits per heavy atom. The summed E-state index contributed by atoms with van der Waals surface area (Å²) in [7, 11) is 0. The molecule has 18 heavy (non-hydrogen) atoms. The summed E-state index contributed by atoms with van der Waals surface area (Å²) in [5.41, 5.74) is 7.36. The highest BCUT2D eigenvalue weighted by Crippen LogP contribution is 2.23. The molecule has 1 aromatic heterocycles. The number of halogens is 2. The van der Waals surface area contributed by atoms with E-state index < -0.39 is 0 Å². The van der Waals surface area contributed by atoms with Gasteiger partial charge in [0.2, 0.25) is 0 Å². The van der Waals surface area contributed by atoms with E-state index in [0.29, 0.717) is 21.7 Å². The van der Waals surface area contributed by atoms with Crippen LogP contribution in [0, 0.1) is 0 Å². The molecule has 0 aliphatic rings. The van der Waals surface area contributed by atoms with E-state index in [4.69, 9.17) is 28.9 Å². The van der Waals surface area contributed by atoms with Crippen LogP contribution in [0.25, 0.3) is 0 Å². The summed E-state index contributed by atoms with van der Waals surface area (Å²) >= 11 is 11.8. The van der Waals surface area contributed by atoms with Crippen LogP contribution in [0.4, 0.5) is 11.5 Å². The fraction of sp³-hybridized carbons (Fsp3) is 0.154. The number of nitrogens with one attached hydrogen (secondary N) is 1. The van der Waals surface area contributed by atoms with Gasteiger partial charge >= 0.3 is 0 Å². The van der Waals surface area contributed by atoms with E-state index in [9.17, 15) is 0 Å². The average molecular weight is 282 g/mol. The number of anilines is 2. The van der Waals surface area contributed by atoms with Gasteiger partial charge in [-0.1, -0.05) is 35.3 Å². The van der Waals surface area contributed by atoms with Crippen LogP contribution in [0.1, 0.15) is 18.5 Å². The fourth-order valence-corrected chi connectivity index (χ4v) is 2.09. The van der Waals surface area contributed by atoms with Gasteiger partial charge in [0.15, 0.2) is 0 Å². The third-order valence-corrected chi connectivity index (χ3v) is 2.96. The van der Waals surface area contributed by atoms with Crippen LogP contribution in [0.5, 0.6) is 0 Å². The van der Waals surface area contributed by atoms with Crippen molar-refractivity contribution < 1.29 is 0 Å². The minimum Gasteiger partial charge on any atom is -0.399 e. The summed E-state index contributed by atoms with van der Waals surface area (Å²) in [5, 5.41) is 4.31. The maximum Gasteiger partial charge on any atom is 0.133 e. The molecule has 1 heterocycles. The molecule has 2 aromatic rings. The maximum atomic E-state index is 5.96. The van der Waals surface area contributed by atoms with Crippen molar-refractivity contribution in [2.75, 3.05) is 11.1 Å². The first-order valence-corrected chi connectivity index (χ1v) is 6.25. The van der Waals surface area contributed by atoms with Crippen LogP contribution in [-0.2, 0) is 0 Å². The lowest BCUT2D eigenvalue weighted by molar-refractivity contribution is 0.875. The van der Waals surface area contributed by atoms with Crippen LogP contribution in [0.3, 0.4) is 0 Å². The Bertz CT molecular complexity index is 537. The SMILES string of the molecule is CC(Nc1cc(N)cc(Cl)n1)c1cccc(Cl)c1. The molecule has 1 atom stereocenters. The molecular formula is C13H13Cl2N3. The number of pyridine rings is 1. The average Bonchev–Trinajstić information content (AvgIpc) is 2.27. The Hall–Kier alpha value is -1.45. The van der Waals surface area contributed by atoms with Gasteiger partial charge in [0.05, 0.1) is 0 Å². The Balaban J connectivity index is 2.18. The Kier molecular flexibility index (Phi) is 3.94. The number of hydrogen-bond acceptors (Lipinski definition) is 3. The molecule has 94 valence electrons. The van der Waals surface area contributed by atoms with Crippen LogP contribution < -0.4 is 11.1 Å². The third-order valence-electron chi connectivity index (χ3n) is 2.53. The number of benzene rings is 1. The minimum absolute atomic E-state index is 0.0640. The van der Waals surface area contributed by atoms with Gasteiger partial charge in [-0.25, -0.2) is 4.98 Å². The predicted molar refractivity (Wildman–Crippen MR) is 77.1 cm³/mol. The number of hydrogen-bond donors (Lipinski definition) is 2. The fourth-order valence-electron chi connectivity index (χ4n) is 1.67. The van der Waals surface area contributed by atoms with Crippen molar-refractivity contribution in [3.63, 3.8) is 0 Å². The van der Waals surface area contributed by atoms with E-state index >= 15 is 0 Å². The first-order valence-electron chi connectivity index (χ1n) is 5.49. The summed E-state index contributed by atoms with van der Waals surface area (Å²) in [5.74, 6) is 0.646. The first kappa shape index (κ1) is 13.0. The lowest BCUT2D eigenvalue weighted by atomic mass is 10.1. The normalized spacial score (nSPS) is 12.2. The van der Waals surface area contributed by atoms with Crippen molar-refractivity contribution in [3.8, 4) is 0 Å². The smallest absolute Gasteiger partial charge is 0.133 e. The van der Waals surface area contributed by atoms with E-state index in [1.54, 1.807) is 12.1 Å². The van der Waals surface area contributed by atoms with E-state index in [-0.39, 0.29) is 6.04 Å². The van der Waals surface area contributed by atoms with Gasteiger partial charge in [-0.2, -0.15) is 0 Å². The molecule has 0 saturated carbocycles. The molecule has 0 aliphatic carbocycles. The van der Waals surface area contributed by atoms with Crippen LogP contribution in [-0.4, -0.2) is 4.98 Å². The van der Waals surface area contributed by atoms with Gasteiger partial charge < -0.3 is 11.1 Å². The number of nitrogens with zero attached hydrogens (tertiary/aromatic N) is 1. The maximum absolute atomic E-state index is 5.96. The molecule has 0 radical (unpaired) electrons. The highest BCUT2D eigenvalue weighted by Gasteiger charge is 2.07. The predicted octanol–water partition coefficient (Wildman–Crippen LogP) is 4.14. The number of aromatic nitrogens is 1. The highest BCUT2D eigenvalue weighted by atomic mass is 35.5. The zero-order valence-electron chi connectivity index (χ0n) is 9.82. The molecule has 0 aliphatic heterocycles. The molecule has 0 fully saturated rings. The molecular weight excluding hydrogens is 269 g/mol. The molecule has 3 nitrogen and oxygen atoms in total. The second kappa shape index (κ2) is 5.46. The van der Waals surface area contributed by atoms with Crippen molar-refractivity contribution >= 4 is 34.7 Å². The van der Waals surface area contributed by atoms with Crippen molar-refractivity contribution in [2.45, 2.75) is 13.0 Å². The molecule has 0 saturated heterocycles. The van der Waals surface area contributed by atoms with E-state index in [2.05, 4.69) is 10.3 Å². The quantitative estimate of drug-likeness (QED) is 0.832. The highest BCUT2D eigenvalue weighted by molar-refractivity contribution is 6.30.